The summed E-state index contributed by atoms with van der Waals surface area (Å²) in [6.07, 6.45) is 3.52. The summed E-state index contributed by atoms with van der Waals surface area (Å²) in [5.74, 6) is 0.509. The van der Waals surface area contributed by atoms with Gasteiger partial charge in [-0.15, -0.1) is 0 Å². The molecule has 100 valence electrons. The molecule has 1 heterocycles. The van der Waals surface area contributed by atoms with Gasteiger partial charge in [0.25, 0.3) is 0 Å². The summed E-state index contributed by atoms with van der Waals surface area (Å²) in [5.41, 5.74) is 1.17. The average Bonchev–Trinajstić information content (AvgIpc) is 2.38. The van der Waals surface area contributed by atoms with E-state index in [4.69, 9.17) is 0 Å². The van der Waals surface area contributed by atoms with Crippen molar-refractivity contribution in [3.8, 4) is 0 Å². The molecule has 0 radical (unpaired) electrons. The van der Waals surface area contributed by atoms with Gasteiger partial charge >= 0.3 is 0 Å². The smallest absolute Gasteiger partial charge is 0.175 e. The maximum Gasteiger partial charge on any atom is 0.175 e. The lowest BCUT2D eigenvalue weighted by Gasteiger charge is -2.31. The predicted molar refractivity (Wildman–Crippen MR) is 73.6 cm³/mol. The van der Waals surface area contributed by atoms with Gasteiger partial charge in [0.1, 0.15) is 0 Å². The summed E-state index contributed by atoms with van der Waals surface area (Å²) in [6, 6.07) is 7.44. The van der Waals surface area contributed by atoms with Crippen LogP contribution >= 0.6 is 0 Å². The minimum Gasteiger partial charge on any atom is -0.304 e. The molecular formula is C14H21NO2S. The second kappa shape index (κ2) is 5.41. The highest BCUT2D eigenvalue weighted by atomic mass is 32.2. The summed E-state index contributed by atoms with van der Waals surface area (Å²) in [6.45, 7) is 5.52. The molecule has 1 saturated heterocycles. The Kier molecular flexibility index (Phi) is 4.07. The van der Waals surface area contributed by atoms with Gasteiger partial charge in [-0.05, 0) is 56.1 Å². The van der Waals surface area contributed by atoms with Gasteiger partial charge in [-0.3, -0.25) is 0 Å². The van der Waals surface area contributed by atoms with Crippen molar-refractivity contribution in [2.24, 2.45) is 0 Å². The van der Waals surface area contributed by atoms with Crippen molar-refractivity contribution < 1.29 is 8.42 Å². The van der Waals surface area contributed by atoms with Gasteiger partial charge in [-0.1, -0.05) is 19.1 Å². The Balaban J connectivity index is 2.15. The summed E-state index contributed by atoms with van der Waals surface area (Å²) in [5, 5.41) is 0. The van der Waals surface area contributed by atoms with Gasteiger partial charge in [0, 0.05) is 6.26 Å². The third-order valence-corrected chi connectivity index (χ3v) is 4.90. The maximum atomic E-state index is 11.6. The molecule has 0 atom stereocenters. The largest absolute Gasteiger partial charge is 0.304 e. The fourth-order valence-electron chi connectivity index (χ4n) is 2.58. The average molecular weight is 267 g/mol. The Labute approximate surface area is 110 Å². The Hall–Kier alpha value is -0.870. The molecule has 0 aliphatic carbocycles. The Morgan fingerprint density at radius 1 is 1.28 bits per heavy atom. The van der Waals surface area contributed by atoms with Crippen LogP contribution in [0.25, 0.3) is 0 Å². The topological polar surface area (TPSA) is 37.4 Å². The highest BCUT2D eigenvalue weighted by molar-refractivity contribution is 7.90. The van der Waals surface area contributed by atoms with E-state index >= 15 is 0 Å². The molecule has 0 amide bonds. The molecule has 1 aliphatic heterocycles. The molecule has 0 aromatic heterocycles. The Bertz CT molecular complexity index is 502. The number of hydrogen-bond donors (Lipinski definition) is 0. The minimum atomic E-state index is -3.09. The lowest BCUT2D eigenvalue weighted by Crippen LogP contribution is -2.32. The van der Waals surface area contributed by atoms with Crippen LogP contribution in [0.3, 0.4) is 0 Å². The summed E-state index contributed by atoms with van der Waals surface area (Å²) < 4.78 is 23.1. The molecule has 0 unspecified atom stereocenters. The zero-order valence-electron chi connectivity index (χ0n) is 11.1. The Morgan fingerprint density at radius 2 is 1.94 bits per heavy atom. The third-order valence-electron chi connectivity index (χ3n) is 3.79. The molecule has 4 heteroatoms. The summed E-state index contributed by atoms with van der Waals surface area (Å²) in [7, 11) is -3.09. The normalized spacial score (nSPS) is 19.0. The highest BCUT2D eigenvalue weighted by Crippen LogP contribution is 2.29. The van der Waals surface area contributed by atoms with E-state index < -0.39 is 9.84 Å². The highest BCUT2D eigenvalue weighted by Gasteiger charge is 2.20. The van der Waals surface area contributed by atoms with E-state index in [9.17, 15) is 8.42 Å². The van der Waals surface area contributed by atoms with Crippen molar-refractivity contribution in [2.75, 3.05) is 25.9 Å². The predicted octanol–water partition coefficient (Wildman–Crippen LogP) is 2.29. The van der Waals surface area contributed by atoms with Crippen LogP contribution in [-0.4, -0.2) is 39.2 Å². The van der Waals surface area contributed by atoms with Crippen LogP contribution in [0.1, 0.15) is 31.2 Å². The summed E-state index contributed by atoms with van der Waals surface area (Å²) >= 11 is 0. The van der Waals surface area contributed by atoms with Gasteiger partial charge in [0.05, 0.1) is 4.90 Å². The fourth-order valence-corrected chi connectivity index (χ4v) is 3.26. The van der Waals surface area contributed by atoms with E-state index in [1.54, 1.807) is 6.07 Å². The zero-order valence-corrected chi connectivity index (χ0v) is 11.9. The van der Waals surface area contributed by atoms with Gasteiger partial charge in [0.2, 0.25) is 0 Å². The zero-order chi connectivity index (χ0) is 13.2. The molecule has 0 saturated carbocycles. The van der Waals surface area contributed by atoms with E-state index in [0.717, 1.165) is 32.5 Å². The van der Waals surface area contributed by atoms with Gasteiger partial charge in [-0.2, -0.15) is 0 Å². The molecule has 18 heavy (non-hydrogen) atoms. The number of hydrogen-bond acceptors (Lipinski definition) is 3. The number of piperidine rings is 1. The Morgan fingerprint density at radius 3 is 2.50 bits per heavy atom. The first-order chi connectivity index (χ1) is 8.50. The molecule has 1 fully saturated rings. The first-order valence-corrected chi connectivity index (χ1v) is 8.42. The van der Waals surface area contributed by atoms with Crippen molar-refractivity contribution in [1.29, 1.82) is 0 Å². The molecule has 0 spiro atoms. The van der Waals surface area contributed by atoms with Crippen LogP contribution in [0.4, 0.5) is 0 Å². The van der Waals surface area contributed by atoms with Gasteiger partial charge in [-0.25, -0.2) is 8.42 Å². The number of benzene rings is 1. The third kappa shape index (κ3) is 3.12. The van der Waals surface area contributed by atoms with E-state index in [1.165, 1.54) is 11.8 Å². The first kappa shape index (κ1) is 13.6. The van der Waals surface area contributed by atoms with E-state index in [2.05, 4.69) is 17.9 Å². The second-order valence-corrected chi connectivity index (χ2v) is 7.07. The number of nitrogens with zero attached hydrogens (tertiary/aromatic N) is 1. The van der Waals surface area contributed by atoms with Crippen LogP contribution in [0.5, 0.6) is 0 Å². The molecular weight excluding hydrogens is 246 g/mol. The van der Waals surface area contributed by atoms with Crippen molar-refractivity contribution in [1.82, 2.24) is 4.90 Å². The number of sulfone groups is 1. The molecule has 2 rings (SSSR count). The number of rotatable bonds is 3. The van der Waals surface area contributed by atoms with Crippen molar-refractivity contribution >= 4 is 9.84 Å². The van der Waals surface area contributed by atoms with Crippen LogP contribution < -0.4 is 0 Å². The first-order valence-electron chi connectivity index (χ1n) is 6.53. The molecule has 0 bridgehead atoms. The molecule has 1 aromatic carbocycles. The molecule has 3 nitrogen and oxygen atoms in total. The SMILES string of the molecule is CCN1CCC(c2cccc(S(C)(=O)=O)c2)CC1. The quantitative estimate of drug-likeness (QED) is 0.843. The van der Waals surface area contributed by atoms with Gasteiger partial charge in [0.15, 0.2) is 9.84 Å². The van der Waals surface area contributed by atoms with E-state index in [1.807, 2.05) is 12.1 Å². The minimum absolute atomic E-state index is 0.443. The lowest BCUT2D eigenvalue weighted by atomic mass is 9.89. The molecule has 0 N–H and O–H groups in total. The summed E-state index contributed by atoms with van der Waals surface area (Å²) in [4.78, 5) is 2.88. The van der Waals surface area contributed by atoms with E-state index in [0.29, 0.717) is 10.8 Å². The monoisotopic (exact) mass is 267 g/mol. The van der Waals surface area contributed by atoms with Crippen LogP contribution in [0.2, 0.25) is 0 Å². The molecule has 1 aromatic rings. The maximum absolute atomic E-state index is 11.6. The van der Waals surface area contributed by atoms with Crippen LogP contribution in [-0.2, 0) is 9.84 Å². The van der Waals surface area contributed by atoms with Crippen LogP contribution in [0, 0.1) is 0 Å². The molecule has 1 aliphatic rings. The number of likely N-dealkylation sites (tertiary alicyclic amines) is 1. The van der Waals surface area contributed by atoms with Crippen LogP contribution in [0.15, 0.2) is 29.2 Å². The van der Waals surface area contributed by atoms with Crippen molar-refractivity contribution in [3.63, 3.8) is 0 Å². The van der Waals surface area contributed by atoms with Crippen molar-refractivity contribution in [2.45, 2.75) is 30.6 Å². The second-order valence-electron chi connectivity index (χ2n) is 5.05. The lowest BCUT2D eigenvalue weighted by molar-refractivity contribution is 0.222. The fraction of sp³-hybridized carbons (Fsp3) is 0.571. The van der Waals surface area contributed by atoms with E-state index in [-0.39, 0.29) is 0 Å². The van der Waals surface area contributed by atoms with Gasteiger partial charge < -0.3 is 4.90 Å². The standard InChI is InChI=1S/C14H21NO2S/c1-3-15-9-7-12(8-10-15)13-5-4-6-14(11-13)18(2,16)17/h4-6,11-12H,3,7-10H2,1-2H3. The van der Waals surface area contributed by atoms with Crippen molar-refractivity contribution in [3.05, 3.63) is 29.8 Å².